The maximum atomic E-state index is 6.25. The summed E-state index contributed by atoms with van der Waals surface area (Å²) in [5, 5.41) is 6.25. The lowest BCUT2D eigenvalue weighted by Gasteiger charge is -2.39. The lowest BCUT2D eigenvalue weighted by molar-refractivity contribution is -0.929. The summed E-state index contributed by atoms with van der Waals surface area (Å²) in [4.78, 5) is 0. The van der Waals surface area contributed by atoms with Crippen LogP contribution in [0, 0.1) is 11.8 Å². The number of hydrogen-bond donors (Lipinski definition) is 0. The Hall–Kier alpha value is -0.550. The average molecular weight is 423 g/mol. The van der Waals surface area contributed by atoms with Crippen molar-refractivity contribution in [1.29, 1.82) is 5.26 Å². The fourth-order valence-electron chi connectivity index (χ4n) is 4.83. The maximum Gasteiger partial charge on any atom is 0.0786 e. The molecule has 0 aromatic carbocycles. The van der Waals surface area contributed by atoms with Crippen LogP contribution in [0.15, 0.2) is 0 Å². The van der Waals surface area contributed by atoms with Gasteiger partial charge in [-0.2, -0.15) is 0 Å². The van der Waals surface area contributed by atoms with Crippen LogP contribution >= 0.6 is 0 Å². The van der Waals surface area contributed by atoms with Gasteiger partial charge in [-0.05, 0) is 44.9 Å². The Labute approximate surface area is 192 Å². The van der Waals surface area contributed by atoms with Gasteiger partial charge in [0.1, 0.15) is 0 Å². The molecule has 0 fully saturated rings. The zero-order valence-electron chi connectivity index (χ0n) is 21.7. The van der Waals surface area contributed by atoms with E-state index in [1.807, 2.05) is 0 Å². The molecule has 2 nitrogen and oxygen atoms in total. The third kappa shape index (κ3) is 20.7. The Morgan fingerprint density at radius 3 is 0.900 bits per heavy atom. The summed E-state index contributed by atoms with van der Waals surface area (Å²) < 4.78 is 1.45. The first-order valence-corrected chi connectivity index (χ1v) is 13.8. The van der Waals surface area contributed by atoms with Gasteiger partial charge in [-0.15, -0.1) is 0 Å². The van der Waals surface area contributed by atoms with Crippen LogP contribution in [0.3, 0.4) is 0 Å². The van der Waals surface area contributed by atoms with Crippen LogP contribution < -0.4 is 0 Å². The van der Waals surface area contributed by atoms with E-state index in [2.05, 4.69) is 27.7 Å². The highest BCUT2D eigenvalue weighted by Gasteiger charge is 2.25. The minimum Gasteiger partial charge on any atom is -0.512 e. The summed E-state index contributed by atoms with van der Waals surface area (Å²) in [6.07, 6.45) is 27.3. The summed E-state index contributed by atoms with van der Waals surface area (Å²) in [6, 6.07) is 0. The van der Waals surface area contributed by atoms with Crippen molar-refractivity contribution in [3.05, 3.63) is 6.57 Å². The maximum absolute atomic E-state index is 6.25. The van der Waals surface area contributed by atoms with E-state index in [1.165, 1.54) is 153 Å². The van der Waals surface area contributed by atoms with Crippen LogP contribution in [0.1, 0.15) is 150 Å². The quantitative estimate of drug-likeness (QED) is 0.0913. The molecule has 0 rings (SSSR count). The van der Waals surface area contributed by atoms with Gasteiger partial charge >= 0.3 is 0 Å². The minimum absolute atomic E-state index is 1.36. The lowest BCUT2D eigenvalue weighted by atomic mass is 10.1. The highest BCUT2D eigenvalue weighted by Crippen LogP contribution is 2.19. The van der Waals surface area contributed by atoms with Gasteiger partial charge in [0.05, 0.1) is 26.2 Å². The van der Waals surface area contributed by atoms with Gasteiger partial charge in [0, 0.05) is 0 Å². The second kappa shape index (κ2) is 26.5. The van der Waals surface area contributed by atoms with Crippen LogP contribution in [0.25, 0.3) is 0 Å². The average Bonchev–Trinajstić information content (AvgIpc) is 2.77. The SMILES string of the molecule is CCCCCCCC[N+](CCC)(CCCCCCCC)CCCCCCCC.[C-]#N. The summed E-state index contributed by atoms with van der Waals surface area (Å²) in [5.41, 5.74) is 0. The molecule has 30 heavy (non-hydrogen) atoms. The van der Waals surface area contributed by atoms with Crippen LogP contribution in [-0.2, 0) is 0 Å². The predicted molar refractivity (Wildman–Crippen MR) is 135 cm³/mol. The van der Waals surface area contributed by atoms with Gasteiger partial charge in [0.15, 0.2) is 0 Å². The number of quaternary nitrogens is 1. The zero-order chi connectivity index (χ0) is 22.8. The van der Waals surface area contributed by atoms with E-state index >= 15 is 0 Å². The Kier molecular flexibility index (Phi) is 27.9. The highest BCUT2D eigenvalue weighted by molar-refractivity contribution is 4.53. The largest absolute Gasteiger partial charge is 0.512 e. The van der Waals surface area contributed by atoms with E-state index in [4.69, 9.17) is 11.8 Å². The van der Waals surface area contributed by atoms with E-state index in [9.17, 15) is 0 Å². The third-order valence-corrected chi connectivity index (χ3v) is 6.66. The molecule has 0 radical (unpaired) electrons. The molecule has 0 aromatic heterocycles. The van der Waals surface area contributed by atoms with Crippen LogP contribution in [-0.4, -0.2) is 30.7 Å². The normalized spacial score (nSPS) is 11.3. The van der Waals surface area contributed by atoms with Crippen LogP contribution in [0.2, 0.25) is 0 Å². The number of nitrogens with zero attached hydrogens (tertiary/aromatic N) is 2. The number of hydrogen-bond acceptors (Lipinski definition) is 1. The molecule has 0 aromatic rings. The standard InChI is InChI=1S/C27H58N.CN/c1-5-9-12-15-18-21-25-28(24-8-4,26-22-19-16-13-10-6-2)27-23-20-17-14-11-7-3;1-2/h5-27H2,1-4H3;/q+1;-1. The van der Waals surface area contributed by atoms with Crippen molar-refractivity contribution in [2.45, 2.75) is 150 Å². The molecule has 180 valence electrons. The first kappa shape index (κ1) is 31.6. The van der Waals surface area contributed by atoms with Crippen molar-refractivity contribution in [1.82, 2.24) is 0 Å². The van der Waals surface area contributed by atoms with Gasteiger partial charge in [-0.25, -0.2) is 0 Å². The van der Waals surface area contributed by atoms with Crippen molar-refractivity contribution in [3.8, 4) is 0 Å². The molecule has 0 heterocycles. The topological polar surface area (TPSA) is 23.8 Å². The third-order valence-electron chi connectivity index (χ3n) is 6.66. The van der Waals surface area contributed by atoms with Gasteiger partial charge in [-0.3, -0.25) is 0 Å². The molecule has 0 aliphatic carbocycles. The molecule has 2 heteroatoms. The molecular formula is C28H58N2. The molecule has 0 atom stereocenters. The molecule has 0 aliphatic heterocycles. The smallest absolute Gasteiger partial charge is 0.0786 e. The zero-order valence-corrected chi connectivity index (χ0v) is 21.7. The van der Waals surface area contributed by atoms with Crippen molar-refractivity contribution < 1.29 is 4.48 Å². The van der Waals surface area contributed by atoms with E-state index < -0.39 is 0 Å². The minimum atomic E-state index is 1.36. The molecule has 0 N–H and O–H groups in total. The molecule has 0 bridgehead atoms. The molecule has 0 unspecified atom stereocenters. The van der Waals surface area contributed by atoms with Crippen molar-refractivity contribution >= 4 is 0 Å². The second-order valence-corrected chi connectivity index (χ2v) is 9.54. The second-order valence-electron chi connectivity index (χ2n) is 9.54. The molecule has 0 saturated carbocycles. The molecule has 0 aliphatic rings. The monoisotopic (exact) mass is 422 g/mol. The molecular weight excluding hydrogens is 364 g/mol. The van der Waals surface area contributed by atoms with Crippen molar-refractivity contribution in [2.24, 2.45) is 0 Å². The first-order chi connectivity index (χ1) is 14.7. The molecule has 0 spiro atoms. The summed E-state index contributed by atoms with van der Waals surface area (Å²) in [7, 11) is 0. The van der Waals surface area contributed by atoms with E-state index in [0.29, 0.717) is 0 Å². The van der Waals surface area contributed by atoms with Gasteiger partial charge in [0.2, 0.25) is 0 Å². The van der Waals surface area contributed by atoms with Crippen molar-refractivity contribution in [3.63, 3.8) is 0 Å². The first-order valence-electron chi connectivity index (χ1n) is 13.8. The summed E-state index contributed by atoms with van der Waals surface area (Å²) in [5.74, 6) is 0. The van der Waals surface area contributed by atoms with Crippen LogP contribution in [0.4, 0.5) is 0 Å². The highest BCUT2D eigenvalue weighted by atomic mass is 15.3. The lowest BCUT2D eigenvalue weighted by Crippen LogP contribution is -2.50. The predicted octanol–water partition coefficient (Wildman–Crippen LogP) is 9.39. The molecule has 0 amide bonds. The van der Waals surface area contributed by atoms with Gasteiger partial charge in [0.25, 0.3) is 0 Å². The Morgan fingerprint density at radius 1 is 0.367 bits per heavy atom. The van der Waals surface area contributed by atoms with Gasteiger partial charge in [-0.1, -0.05) is 105 Å². The van der Waals surface area contributed by atoms with E-state index in [0.717, 1.165) is 0 Å². The van der Waals surface area contributed by atoms with E-state index in [-0.39, 0.29) is 0 Å². The summed E-state index contributed by atoms with van der Waals surface area (Å²) in [6.45, 7) is 20.0. The number of unbranched alkanes of at least 4 members (excludes halogenated alkanes) is 15. The summed E-state index contributed by atoms with van der Waals surface area (Å²) >= 11 is 0. The Balaban J connectivity index is 0. The van der Waals surface area contributed by atoms with Crippen molar-refractivity contribution in [2.75, 3.05) is 26.2 Å². The Bertz CT molecular complexity index is 283. The fourth-order valence-corrected chi connectivity index (χ4v) is 4.83. The number of rotatable bonds is 23. The van der Waals surface area contributed by atoms with E-state index in [1.54, 1.807) is 0 Å². The fraction of sp³-hybridized carbons (Fsp3) is 0.964. The van der Waals surface area contributed by atoms with Gasteiger partial charge < -0.3 is 16.3 Å². The molecule has 0 saturated heterocycles. The van der Waals surface area contributed by atoms with Crippen LogP contribution in [0.5, 0.6) is 0 Å². The Morgan fingerprint density at radius 2 is 0.633 bits per heavy atom.